The molecule has 7 nitrogen and oxygen atoms in total. The van der Waals surface area contributed by atoms with E-state index in [-0.39, 0.29) is 18.0 Å². The average Bonchev–Trinajstić information content (AvgIpc) is 2.59. The van der Waals surface area contributed by atoms with E-state index < -0.39 is 10.8 Å². The molecule has 2 rings (SSSR count). The van der Waals surface area contributed by atoms with Gasteiger partial charge in [0.1, 0.15) is 5.75 Å². The van der Waals surface area contributed by atoms with E-state index in [1.807, 2.05) is 13.0 Å². The van der Waals surface area contributed by atoms with Crippen LogP contribution >= 0.6 is 0 Å². The van der Waals surface area contributed by atoms with Gasteiger partial charge in [-0.2, -0.15) is 0 Å². The minimum Gasteiger partial charge on any atom is -0.491 e. The predicted octanol–water partition coefficient (Wildman–Crippen LogP) is 3.71. The van der Waals surface area contributed by atoms with Crippen molar-refractivity contribution in [2.45, 2.75) is 20.3 Å². The first-order chi connectivity index (χ1) is 12.0. The van der Waals surface area contributed by atoms with Crippen molar-refractivity contribution in [3.63, 3.8) is 0 Å². The molecule has 0 atom stereocenters. The van der Waals surface area contributed by atoms with Crippen LogP contribution in [0.4, 0.5) is 11.4 Å². The Bertz CT molecular complexity index is 761. The van der Waals surface area contributed by atoms with Crippen molar-refractivity contribution in [1.29, 1.82) is 0 Å². The van der Waals surface area contributed by atoms with Gasteiger partial charge >= 0.3 is 5.69 Å². The van der Waals surface area contributed by atoms with E-state index >= 15 is 0 Å². The van der Waals surface area contributed by atoms with Crippen molar-refractivity contribution in [2.24, 2.45) is 0 Å². The molecule has 0 bridgehead atoms. The molecule has 2 aromatic carbocycles. The highest BCUT2D eigenvalue weighted by Crippen LogP contribution is 2.28. The molecule has 0 saturated carbocycles. The Morgan fingerprint density at radius 2 is 1.92 bits per heavy atom. The Morgan fingerprint density at radius 1 is 1.16 bits per heavy atom. The third kappa shape index (κ3) is 5.20. The molecule has 0 unspecified atom stereocenters. The van der Waals surface area contributed by atoms with Crippen LogP contribution in [0.2, 0.25) is 0 Å². The summed E-state index contributed by atoms with van der Waals surface area (Å²) in [4.78, 5) is 22.6. The van der Waals surface area contributed by atoms with Crippen LogP contribution in [-0.4, -0.2) is 24.0 Å². The fraction of sp³-hybridized carbons (Fsp3) is 0.278. The number of nitro benzene ring substituents is 1. The lowest BCUT2D eigenvalue weighted by atomic mass is 10.2. The maximum absolute atomic E-state index is 12.1. The minimum absolute atomic E-state index is 0.0654. The largest absolute Gasteiger partial charge is 0.491 e. The molecule has 0 saturated heterocycles. The number of aryl methyl sites for hydroxylation is 1. The quantitative estimate of drug-likeness (QED) is 0.582. The van der Waals surface area contributed by atoms with Gasteiger partial charge in [-0.1, -0.05) is 25.1 Å². The van der Waals surface area contributed by atoms with Crippen molar-refractivity contribution >= 4 is 17.3 Å². The van der Waals surface area contributed by atoms with Gasteiger partial charge in [0, 0.05) is 6.07 Å². The molecule has 1 N–H and O–H groups in total. The number of benzene rings is 2. The van der Waals surface area contributed by atoms with Gasteiger partial charge in [-0.15, -0.1) is 0 Å². The molecule has 0 aromatic heterocycles. The van der Waals surface area contributed by atoms with Gasteiger partial charge in [-0.25, -0.2) is 0 Å². The molecule has 2 aromatic rings. The Kier molecular flexibility index (Phi) is 6.33. The van der Waals surface area contributed by atoms with Gasteiger partial charge in [-0.05, 0) is 37.1 Å². The number of nitrogens with one attached hydrogen (secondary N) is 1. The summed E-state index contributed by atoms with van der Waals surface area (Å²) in [7, 11) is 0. The molecule has 1 amide bonds. The fourth-order valence-corrected chi connectivity index (χ4v) is 2.13. The maximum Gasteiger partial charge on any atom is 0.310 e. The van der Waals surface area contributed by atoms with Gasteiger partial charge in [0.2, 0.25) is 0 Å². The zero-order valence-corrected chi connectivity index (χ0v) is 14.2. The molecule has 25 heavy (non-hydrogen) atoms. The lowest BCUT2D eigenvalue weighted by Crippen LogP contribution is -2.21. The summed E-state index contributed by atoms with van der Waals surface area (Å²) in [5, 5.41) is 13.7. The maximum atomic E-state index is 12.1. The third-order valence-corrected chi connectivity index (χ3v) is 3.29. The number of anilines is 1. The lowest BCUT2D eigenvalue weighted by molar-refractivity contribution is -0.385. The van der Waals surface area contributed by atoms with Gasteiger partial charge in [0.25, 0.3) is 5.91 Å². The number of hydrogen-bond donors (Lipinski definition) is 1. The molecule has 0 aliphatic heterocycles. The van der Waals surface area contributed by atoms with E-state index in [2.05, 4.69) is 5.32 Å². The Morgan fingerprint density at radius 3 is 2.64 bits per heavy atom. The van der Waals surface area contributed by atoms with Crippen LogP contribution in [0.15, 0.2) is 42.5 Å². The second-order valence-electron chi connectivity index (χ2n) is 5.41. The molecule has 0 heterocycles. The number of amides is 1. The molecular formula is C18H20N2O5. The van der Waals surface area contributed by atoms with E-state index in [9.17, 15) is 14.9 Å². The average molecular weight is 344 g/mol. The summed E-state index contributed by atoms with van der Waals surface area (Å²) < 4.78 is 10.9. The van der Waals surface area contributed by atoms with Crippen molar-refractivity contribution in [3.05, 3.63) is 58.1 Å². The normalized spacial score (nSPS) is 10.2. The Balaban J connectivity index is 2.02. The first-order valence-electron chi connectivity index (χ1n) is 7.90. The number of para-hydroxylation sites is 2. The number of carbonyl (C=O) groups excluding carboxylic acids is 1. The van der Waals surface area contributed by atoms with Crippen LogP contribution in [0.3, 0.4) is 0 Å². The number of rotatable bonds is 8. The second kappa shape index (κ2) is 8.68. The van der Waals surface area contributed by atoms with Crippen LogP contribution in [0.5, 0.6) is 11.5 Å². The van der Waals surface area contributed by atoms with E-state index in [1.54, 1.807) is 31.2 Å². The second-order valence-corrected chi connectivity index (χ2v) is 5.41. The van der Waals surface area contributed by atoms with Crippen molar-refractivity contribution in [2.75, 3.05) is 18.5 Å². The monoisotopic (exact) mass is 344 g/mol. The zero-order chi connectivity index (χ0) is 18.2. The van der Waals surface area contributed by atoms with Crippen LogP contribution in [-0.2, 0) is 4.79 Å². The summed E-state index contributed by atoms with van der Waals surface area (Å²) in [6.45, 7) is 3.98. The number of ether oxygens (including phenoxy) is 2. The van der Waals surface area contributed by atoms with Crippen LogP contribution in [0, 0.1) is 17.0 Å². The summed E-state index contributed by atoms with van der Waals surface area (Å²) >= 11 is 0. The fourth-order valence-electron chi connectivity index (χ4n) is 2.13. The van der Waals surface area contributed by atoms with E-state index in [1.165, 1.54) is 12.1 Å². The van der Waals surface area contributed by atoms with Crippen molar-refractivity contribution < 1.29 is 19.2 Å². The molecule has 7 heteroatoms. The van der Waals surface area contributed by atoms with Crippen LogP contribution in [0.25, 0.3) is 0 Å². The van der Waals surface area contributed by atoms with Gasteiger partial charge in [-0.3, -0.25) is 14.9 Å². The van der Waals surface area contributed by atoms with Crippen LogP contribution < -0.4 is 14.8 Å². The predicted molar refractivity (Wildman–Crippen MR) is 94.2 cm³/mol. The van der Waals surface area contributed by atoms with Crippen LogP contribution in [0.1, 0.15) is 18.9 Å². The number of carbonyl (C=O) groups is 1. The number of nitro groups is 1. The third-order valence-electron chi connectivity index (χ3n) is 3.29. The minimum atomic E-state index is -0.541. The summed E-state index contributed by atoms with van der Waals surface area (Å²) in [5.41, 5.74) is 1.16. The van der Waals surface area contributed by atoms with Gasteiger partial charge in [0.05, 0.1) is 17.2 Å². The molecule has 132 valence electrons. The smallest absolute Gasteiger partial charge is 0.310 e. The van der Waals surface area contributed by atoms with E-state index in [0.717, 1.165) is 12.0 Å². The molecule has 0 spiro atoms. The summed E-state index contributed by atoms with van der Waals surface area (Å²) in [6, 6.07) is 11.6. The first-order valence-corrected chi connectivity index (χ1v) is 7.90. The van der Waals surface area contributed by atoms with E-state index in [0.29, 0.717) is 18.0 Å². The molecular weight excluding hydrogens is 324 g/mol. The topological polar surface area (TPSA) is 90.7 Å². The molecule has 0 radical (unpaired) electrons. The summed E-state index contributed by atoms with van der Waals surface area (Å²) in [6.07, 6.45) is 0.850. The SMILES string of the molecule is CCCOc1ccccc1NC(=O)COc1cc(C)ccc1[N+](=O)[O-]. The first kappa shape index (κ1) is 18.3. The highest BCUT2D eigenvalue weighted by molar-refractivity contribution is 5.93. The molecule has 0 aliphatic rings. The number of hydrogen-bond acceptors (Lipinski definition) is 5. The number of nitrogens with zero attached hydrogens (tertiary/aromatic N) is 1. The Labute approximate surface area is 145 Å². The van der Waals surface area contributed by atoms with Crippen molar-refractivity contribution in [1.82, 2.24) is 0 Å². The molecule has 0 fully saturated rings. The molecule has 0 aliphatic carbocycles. The standard InChI is InChI=1S/C18H20N2O5/c1-3-10-24-16-7-5-4-6-14(16)19-18(21)12-25-17-11-13(2)8-9-15(17)20(22)23/h4-9,11H,3,10,12H2,1-2H3,(H,19,21). The Hall–Kier alpha value is -3.09. The van der Waals surface area contributed by atoms with E-state index in [4.69, 9.17) is 9.47 Å². The lowest BCUT2D eigenvalue weighted by Gasteiger charge is -2.12. The zero-order valence-electron chi connectivity index (χ0n) is 14.2. The summed E-state index contributed by atoms with van der Waals surface area (Å²) in [5.74, 6) is 0.207. The van der Waals surface area contributed by atoms with Crippen molar-refractivity contribution in [3.8, 4) is 11.5 Å². The highest BCUT2D eigenvalue weighted by atomic mass is 16.6. The highest BCUT2D eigenvalue weighted by Gasteiger charge is 2.16. The van der Waals surface area contributed by atoms with Gasteiger partial charge < -0.3 is 14.8 Å². The van der Waals surface area contributed by atoms with Gasteiger partial charge in [0.15, 0.2) is 12.4 Å².